The molecule has 1 aliphatic rings. The molecule has 1 atom stereocenters. The molecular formula is C11H21N3O. The molecule has 2 N–H and O–H groups in total. The van der Waals surface area contributed by atoms with E-state index in [0.29, 0.717) is 5.84 Å². The van der Waals surface area contributed by atoms with Crippen LogP contribution in [-0.2, 0) is 0 Å². The van der Waals surface area contributed by atoms with Gasteiger partial charge in [-0.05, 0) is 12.8 Å². The second kappa shape index (κ2) is 5.73. The molecule has 0 radical (unpaired) electrons. The van der Waals surface area contributed by atoms with Crippen molar-refractivity contribution in [2.24, 2.45) is 10.7 Å². The number of nitrogens with zero attached hydrogens (tertiary/aromatic N) is 2. The van der Waals surface area contributed by atoms with Crippen LogP contribution in [0.25, 0.3) is 0 Å². The van der Waals surface area contributed by atoms with Crippen LogP contribution >= 0.6 is 0 Å². The Hall–Kier alpha value is -1.06. The van der Waals surface area contributed by atoms with Gasteiger partial charge >= 0.3 is 6.03 Å². The Morgan fingerprint density at radius 2 is 2.07 bits per heavy atom. The molecular weight excluding hydrogens is 190 g/mol. The zero-order valence-corrected chi connectivity index (χ0v) is 9.70. The van der Waals surface area contributed by atoms with Crippen LogP contribution in [0.3, 0.4) is 0 Å². The summed E-state index contributed by atoms with van der Waals surface area (Å²) in [6.45, 7) is 4.99. The highest BCUT2D eigenvalue weighted by atomic mass is 16.2. The first-order valence-corrected chi connectivity index (χ1v) is 5.85. The summed E-state index contributed by atoms with van der Waals surface area (Å²) < 4.78 is 0. The van der Waals surface area contributed by atoms with Crippen molar-refractivity contribution >= 4 is 11.9 Å². The molecule has 1 aliphatic heterocycles. The maximum absolute atomic E-state index is 11.5. The van der Waals surface area contributed by atoms with Gasteiger partial charge in [0, 0.05) is 6.54 Å². The number of carbonyl (C=O) groups excluding carboxylic acids is 1. The smallest absolute Gasteiger partial charge is 0.345 e. The topological polar surface area (TPSA) is 58.7 Å². The first-order chi connectivity index (χ1) is 7.20. The Labute approximate surface area is 91.5 Å². The summed E-state index contributed by atoms with van der Waals surface area (Å²) in [7, 11) is 0. The molecule has 0 spiro atoms. The molecule has 4 nitrogen and oxygen atoms in total. The third-order valence-electron chi connectivity index (χ3n) is 2.73. The van der Waals surface area contributed by atoms with Gasteiger partial charge in [0.05, 0.1) is 6.04 Å². The van der Waals surface area contributed by atoms with Gasteiger partial charge in [-0.1, -0.05) is 33.1 Å². The van der Waals surface area contributed by atoms with Crippen molar-refractivity contribution in [3.8, 4) is 0 Å². The molecule has 1 heterocycles. The van der Waals surface area contributed by atoms with E-state index < -0.39 is 0 Å². The summed E-state index contributed by atoms with van der Waals surface area (Å²) in [5.74, 6) is 0.504. The lowest BCUT2D eigenvalue weighted by molar-refractivity contribution is 0.203. The summed E-state index contributed by atoms with van der Waals surface area (Å²) in [5, 5.41) is 0. The second-order valence-electron chi connectivity index (χ2n) is 4.02. The van der Waals surface area contributed by atoms with Crippen molar-refractivity contribution in [1.29, 1.82) is 0 Å². The van der Waals surface area contributed by atoms with Crippen LogP contribution in [-0.4, -0.2) is 29.4 Å². The largest absolute Gasteiger partial charge is 0.385 e. The van der Waals surface area contributed by atoms with Gasteiger partial charge in [-0.15, -0.1) is 0 Å². The van der Waals surface area contributed by atoms with Gasteiger partial charge < -0.3 is 10.6 Å². The maximum atomic E-state index is 11.5. The second-order valence-corrected chi connectivity index (χ2v) is 4.02. The van der Waals surface area contributed by atoms with Crippen molar-refractivity contribution in [3.05, 3.63) is 0 Å². The first kappa shape index (κ1) is 12.0. The Kier molecular flexibility index (Phi) is 4.59. The van der Waals surface area contributed by atoms with Gasteiger partial charge in [-0.2, -0.15) is 4.99 Å². The van der Waals surface area contributed by atoms with E-state index in [-0.39, 0.29) is 12.1 Å². The molecule has 1 unspecified atom stereocenters. The van der Waals surface area contributed by atoms with E-state index in [9.17, 15) is 4.79 Å². The minimum Gasteiger partial charge on any atom is -0.385 e. The number of urea groups is 1. The first-order valence-electron chi connectivity index (χ1n) is 5.85. The van der Waals surface area contributed by atoms with Crippen molar-refractivity contribution < 1.29 is 4.79 Å². The standard InChI is InChI=1S/C11H21N3O/c1-3-5-6-7-9-10(12)13-11(15)14(9)8-4-2/h9H,3-8H2,1-2H3,(H2,12,13,15). The number of amidine groups is 1. The third kappa shape index (κ3) is 2.94. The van der Waals surface area contributed by atoms with Crippen molar-refractivity contribution in [2.45, 2.75) is 52.0 Å². The van der Waals surface area contributed by atoms with Crippen LogP contribution in [0.2, 0.25) is 0 Å². The number of hydrogen-bond donors (Lipinski definition) is 1. The van der Waals surface area contributed by atoms with Crippen LogP contribution in [0.15, 0.2) is 4.99 Å². The SMILES string of the molecule is CCCCCC1C(N)=NC(=O)N1CCC. The number of nitrogens with two attached hydrogens (primary N) is 1. The zero-order chi connectivity index (χ0) is 11.3. The molecule has 0 aromatic rings. The number of aliphatic imine (C=N–C) groups is 1. The highest BCUT2D eigenvalue weighted by molar-refractivity contribution is 6.02. The van der Waals surface area contributed by atoms with E-state index >= 15 is 0 Å². The molecule has 0 aromatic heterocycles. The minimum atomic E-state index is -0.157. The lowest BCUT2D eigenvalue weighted by Crippen LogP contribution is -2.40. The molecule has 0 saturated carbocycles. The molecule has 0 fully saturated rings. The predicted molar refractivity (Wildman–Crippen MR) is 61.9 cm³/mol. The monoisotopic (exact) mass is 211 g/mol. The van der Waals surface area contributed by atoms with E-state index in [1.807, 2.05) is 0 Å². The van der Waals surface area contributed by atoms with Gasteiger partial charge in [0.25, 0.3) is 0 Å². The van der Waals surface area contributed by atoms with E-state index in [2.05, 4.69) is 18.8 Å². The summed E-state index contributed by atoms with van der Waals surface area (Å²) in [4.78, 5) is 17.1. The fourth-order valence-electron chi connectivity index (χ4n) is 1.93. The van der Waals surface area contributed by atoms with Crippen molar-refractivity contribution in [3.63, 3.8) is 0 Å². The molecule has 2 amide bonds. The number of hydrogen-bond acceptors (Lipinski definition) is 2. The van der Waals surface area contributed by atoms with Gasteiger partial charge in [-0.25, -0.2) is 4.79 Å². The van der Waals surface area contributed by atoms with Crippen molar-refractivity contribution in [1.82, 2.24) is 4.90 Å². The van der Waals surface area contributed by atoms with Crippen molar-refractivity contribution in [2.75, 3.05) is 6.54 Å². The quantitative estimate of drug-likeness (QED) is 0.684. The van der Waals surface area contributed by atoms with Crippen LogP contribution in [0.1, 0.15) is 46.0 Å². The Morgan fingerprint density at radius 3 is 2.67 bits per heavy atom. The average Bonchev–Trinajstić information content (AvgIpc) is 2.45. The Bertz CT molecular complexity index is 250. The third-order valence-corrected chi connectivity index (χ3v) is 2.73. The molecule has 0 bridgehead atoms. The molecule has 86 valence electrons. The lowest BCUT2D eigenvalue weighted by atomic mass is 10.1. The lowest BCUT2D eigenvalue weighted by Gasteiger charge is -2.23. The van der Waals surface area contributed by atoms with Gasteiger partial charge in [0.15, 0.2) is 0 Å². The number of rotatable bonds is 6. The molecule has 1 rings (SSSR count). The number of carbonyl (C=O) groups is 1. The van der Waals surface area contributed by atoms with Crippen LogP contribution in [0, 0.1) is 0 Å². The summed E-state index contributed by atoms with van der Waals surface area (Å²) in [5.41, 5.74) is 5.76. The van der Waals surface area contributed by atoms with Gasteiger partial charge in [0.1, 0.15) is 5.84 Å². The van der Waals surface area contributed by atoms with E-state index in [1.54, 1.807) is 4.90 Å². The van der Waals surface area contributed by atoms with E-state index in [4.69, 9.17) is 5.73 Å². The summed E-state index contributed by atoms with van der Waals surface area (Å²) in [6, 6.07) is -0.0974. The normalized spacial score (nSPS) is 20.9. The highest BCUT2D eigenvalue weighted by Crippen LogP contribution is 2.17. The Morgan fingerprint density at radius 1 is 1.33 bits per heavy atom. The molecule has 0 aromatic carbocycles. The maximum Gasteiger partial charge on any atom is 0.345 e. The summed E-state index contributed by atoms with van der Waals surface area (Å²) >= 11 is 0. The van der Waals surface area contributed by atoms with E-state index in [1.165, 1.54) is 12.8 Å². The fourth-order valence-corrected chi connectivity index (χ4v) is 1.93. The molecule has 0 saturated heterocycles. The summed E-state index contributed by atoms with van der Waals surface area (Å²) in [6.07, 6.45) is 5.40. The molecule has 15 heavy (non-hydrogen) atoms. The number of amides is 2. The minimum absolute atomic E-state index is 0.0593. The van der Waals surface area contributed by atoms with Crippen LogP contribution in [0.5, 0.6) is 0 Å². The molecule has 4 heteroatoms. The average molecular weight is 211 g/mol. The van der Waals surface area contributed by atoms with Crippen LogP contribution < -0.4 is 5.73 Å². The van der Waals surface area contributed by atoms with Gasteiger partial charge in [-0.3, -0.25) is 0 Å². The highest BCUT2D eigenvalue weighted by Gasteiger charge is 2.31. The Balaban J connectivity index is 2.50. The number of unbranched alkanes of at least 4 members (excludes halogenated alkanes) is 2. The molecule has 0 aliphatic carbocycles. The van der Waals surface area contributed by atoms with E-state index in [0.717, 1.165) is 25.8 Å². The zero-order valence-electron chi connectivity index (χ0n) is 9.70. The van der Waals surface area contributed by atoms with Crippen LogP contribution in [0.4, 0.5) is 4.79 Å². The predicted octanol–water partition coefficient (Wildman–Crippen LogP) is 2.14. The van der Waals surface area contributed by atoms with Gasteiger partial charge in [0.2, 0.25) is 0 Å². The fraction of sp³-hybridized carbons (Fsp3) is 0.818.